The highest BCUT2D eigenvalue weighted by Crippen LogP contribution is 2.26. The third kappa shape index (κ3) is 10.5. The van der Waals surface area contributed by atoms with E-state index in [2.05, 4.69) is 10.2 Å². The lowest BCUT2D eigenvalue weighted by molar-refractivity contribution is 0.0709. The molecule has 0 rings (SSSR count). The number of hydrogen-bond acceptors (Lipinski definition) is 6. The molecule has 0 aliphatic heterocycles. The van der Waals surface area contributed by atoms with Crippen LogP contribution in [0.25, 0.3) is 0 Å². The predicted molar refractivity (Wildman–Crippen MR) is 114 cm³/mol. The minimum Gasteiger partial charge on any atom is -0.374 e. The molecule has 0 unspecified atom stereocenters. The van der Waals surface area contributed by atoms with Crippen molar-refractivity contribution in [2.24, 2.45) is 0 Å². The predicted octanol–water partition coefficient (Wildman–Crippen LogP) is 3.92. The van der Waals surface area contributed by atoms with Crippen LogP contribution in [0.15, 0.2) is 11.3 Å². The monoisotopic (exact) mass is 435 g/mol. The summed E-state index contributed by atoms with van der Waals surface area (Å²) in [6.07, 6.45) is 1.68. The van der Waals surface area contributed by atoms with Gasteiger partial charge in [-0.05, 0) is 54.4 Å². The molecule has 159 valence electrons. The summed E-state index contributed by atoms with van der Waals surface area (Å²) in [5.74, 6) is 0. The summed E-state index contributed by atoms with van der Waals surface area (Å²) >= 11 is 0. The van der Waals surface area contributed by atoms with Gasteiger partial charge in [-0.2, -0.15) is 0 Å². The molecule has 0 aromatic heterocycles. The van der Waals surface area contributed by atoms with Gasteiger partial charge in [0, 0.05) is 51.7 Å². The molecular formula is C18H39O6Si3. The third-order valence-electron chi connectivity index (χ3n) is 3.89. The molecule has 0 N–H and O–H groups in total. The van der Waals surface area contributed by atoms with Crippen molar-refractivity contribution in [1.82, 2.24) is 0 Å². The normalized spacial score (nSPS) is 12.4. The molecule has 0 fully saturated rings. The van der Waals surface area contributed by atoms with Gasteiger partial charge < -0.3 is 26.6 Å². The molecule has 0 saturated heterocycles. The van der Waals surface area contributed by atoms with Crippen molar-refractivity contribution in [3.05, 3.63) is 11.3 Å². The summed E-state index contributed by atoms with van der Waals surface area (Å²) in [5, 5.41) is 0. The van der Waals surface area contributed by atoms with E-state index in [-0.39, 0.29) is 0 Å². The summed E-state index contributed by atoms with van der Waals surface area (Å²) in [5.41, 5.74) is 3.23. The summed E-state index contributed by atoms with van der Waals surface area (Å²) in [7, 11) is -1.72. The Labute approximate surface area is 172 Å². The second kappa shape index (κ2) is 16.0. The maximum atomic E-state index is 5.95. The summed E-state index contributed by atoms with van der Waals surface area (Å²) < 4.78 is 35.7. The van der Waals surface area contributed by atoms with Crippen LogP contribution < -0.4 is 0 Å². The third-order valence-corrected chi connectivity index (χ3v) is 10.4. The average Bonchev–Trinajstić information content (AvgIpc) is 2.63. The highest BCUT2D eigenvalue weighted by molar-refractivity contribution is 6.61. The van der Waals surface area contributed by atoms with Crippen molar-refractivity contribution in [2.75, 3.05) is 39.6 Å². The number of rotatable bonds is 18. The lowest BCUT2D eigenvalue weighted by Crippen LogP contribution is -2.46. The fraction of sp³-hybridized carbons (Fsp3) is 0.889. The fourth-order valence-electron chi connectivity index (χ4n) is 2.90. The second-order valence-corrected chi connectivity index (χ2v) is 11.5. The van der Waals surface area contributed by atoms with Crippen LogP contribution >= 0.6 is 0 Å². The zero-order chi connectivity index (χ0) is 20.6. The Kier molecular flexibility index (Phi) is 16.1. The summed E-state index contributed by atoms with van der Waals surface area (Å²) in [4.78, 5) is 0. The number of hydrogen-bond donors (Lipinski definition) is 0. The lowest BCUT2D eigenvalue weighted by Gasteiger charge is -2.30. The molecule has 0 aliphatic carbocycles. The van der Waals surface area contributed by atoms with Gasteiger partial charge in [0.1, 0.15) is 0 Å². The van der Waals surface area contributed by atoms with Gasteiger partial charge in [0.15, 0.2) is 0 Å². The van der Waals surface area contributed by atoms with E-state index in [1.807, 2.05) is 47.2 Å². The van der Waals surface area contributed by atoms with E-state index >= 15 is 0 Å². The van der Waals surface area contributed by atoms with Crippen molar-refractivity contribution < 1.29 is 26.6 Å². The zero-order valence-electron chi connectivity index (χ0n) is 18.1. The smallest absolute Gasteiger partial charge is 0.374 e. The van der Waals surface area contributed by atoms with Crippen molar-refractivity contribution in [2.45, 2.75) is 66.5 Å². The standard InChI is InChI=1S/C18H39O6Si3/c1-7-19-26(20-8-2,21-9-3)15-13-18(17-25)14-16-27(22-10-4,23-11-5)24-12-6/h17H,7-16H2,1-6H3. The molecule has 0 spiro atoms. The van der Waals surface area contributed by atoms with Crippen LogP contribution in [-0.2, 0) is 26.6 Å². The Morgan fingerprint density at radius 2 is 0.852 bits per heavy atom. The van der Waals surface area contributed by atoms with Gasteiger partial charge in [-0.3, -0.25) is 0 Å². The van der Waals surface area contributed by atoms with E-state index in [1.54, 1.807) is 0 Å². The Balaban J connectivity index is 4.99. The highest BCUT2D eigenvalue weighted by Gasteiger charge is 2.42. The Hall–Kier alpha value is 0.151. The first-order valence-corrected chi connectivity index (χ1v) is 14.6. The largest absolute Gasteiger partial charge is 0.501 e. The lowest BCUT2D eigenvalue weighted by atomic mass is 10.2. The molecule has 0 aliphatic rings. The van der Waals surface area contributed by atoms with Gasteiger partial charge in [0.05, 0.1) is 10.2 Å². The maximum absolute atomic E-state index is 5.95. The van der Waals surface area contributed by atoms with Crippen molar-refractivity contribution in [3.8, 4) is 0 Å². The zero-order valence-corrected chi connectivity index (χ0v) is 21.1. The Morgan fingerprint density at radius 1 is 0.593 bits per heavy atom. The first-order valence-electron chi connectivity index (χ1n) is 10.2. The molecule has 0 heterocycles. The minimum absolute atomic E-state index is 0.591. The van der Waals surface area contributed by atoms with Gasteiger partial charge in [-0.25, -0.2) is 0 Å². The van der Waals surface area contributed by atoms with Gasteiger partial charge in [-0.15, -0.1) is 5.70 Å². The first-order chi connectivity index (χ1) is 13.0. The van der Waals surface area contributed by atoms with E-state index in [1.165, 1.54) is 5.57 Å². The second-order valence-electron chi connectivity index (χ2n) is 5.77. The Bertz CT molecular complexity index is 329. The topological polar surface area (TPSA) is 55.4 Å². The Morgan fingerprint density at radius 3 is 1.04 bits per heavy atom. The molecule has 0 saturated carbocycles. The van der Waals surface area contributed by atoms with E-state index in [0.29, 0.717) is 39.6 Å². The molecule has 0 bridgehead atoms. The van der Waals surface area contributed by atoms with Crippen LogP contribution in [0.5, 0.6) is 0 Å². The van der Waals surface area contributed by atoms with Crippen molar-refractivity contribution >= 4 is 27.9 Å². The van der Waals surface area contributed by atoms with Crippen molar-refractivity contribution in [1.29, 1.82) is 0 Å². The summed E-state index contributed by atoms with van der Waals surface area (Å²) in [6.45, 7) is 15.4. The van der Waals surface area contributed by atoms with Crippen LogP contribution in [0, 0.1) is 0 Å². The highest BCUT2D eigenvalue weighted by atomic mass is 28.4. The minimum atomic E-state index is -2.64. The fourth-order valence-corrected chi connectivity index (χ4v) is 8.45. The molecule has 0 aromatic carbocycles. The first kappa shape index (κ1) is 27.2. The van der Waals surface area contributed by atoms with Crippen molar-refractivity contribution in [3.63, 3.8) is 0 Å². The van der Waals surface area contributed by atoms with Gasteiger partial charge in [0.2, 0.25) is 0 Å². The van der Waals surface area contributed by atoms with Gasteiger partial charge in [-0.1, -0.05) is 5.57 Å². The van der Waals surface area contributed by atoms with E-state index in [4.69, 9.17) is 26.6 Å². The molecule has 0 amide bonds. The molecule has 9 heteroatoms. The quantitative estimate of drug-likeness (QED) is 0.304. The van der Waals surface area contributed by atoms with Crippen LogP contribution in [0.2, 0.25) is 12.1 Å². The maximum Gasteiger partial charge on any atom is 0.501 e. The summed E-state index contributed by atoms with van der Waals surface area (Å²) in [6, 6.07) is 1.51. The van der Waals surface area contributed by atoms with E-state index < -0.39 is 17.6 Å². The molecule has 0 atom stereocenters. The van der Waals surface area contributed by atoms with Crippen LogP contribution in [-0.4, -0.2) is 67.5 Å². The molecule has 3 radical (unpaired) electrons. The van der Waals surface area contributed by atoms with E-state index in [9.17, 15) is 0 Å². The van der Waals surface area contributed by atoms with Crippen LogP contribution in [0.3, 0.4) is 0 Å². The van der Waals surface area contributed by atoms with Crippen LogP contribution in [0.4, 0.5) is 0 Å². The average molecular weight is 436 g/mol. The number of allylic oxidation sites excluding steroid dienone is 1. The molecule has 0 aromatic rings. The molecular weight excluding hydrogens is 396 g/mol. The SMILES string of the molecule is CCO[Si](CCC(=C[Si])CC[Si](OCC)(OCC)OCC)(OCC)OCC. The van der Waals surface area contributed by atoms with Crippen LogP contribution in [0.1, 0.15) is 54.4 Å². The molecule has 6 nitrogen and oxygen atoms in total. The van der Waals surface area contributed by atoms with Gasteiger partial charge in [0.25, 0.3) is 0 Å². The molecule has 27 heavy (non-hydrogen) atoms. The van der Waals surface area contributed by atoms with E-state index in [0.717, 1.165) is 24.9 Å². The van der Waals surface area contributed by atoms with Gasteiger partial charge >= 0.3 is 17.6 Å².